The first kappa shape index (κ1) is 16.1. The molecule has 1 saturated carbocycles. The van der Waals surface area contributed by atoms with Crippen molar-refractivity contribution in [3.8, 4) is 11.1 Å². The Labute approximate surface area is 150 Å². The fourth-order valence-electron chi connectivity index (χ4n) is 3.63. The van der Waals surface area contributed by atoms with Crippen LogP contribution in [0.5, 0.6) is 0 Å². The number of furan rings is 1. The third-order valence-electron chi connectivity index (χ3n) is 5.00. The molecule has 1 amide bonds. The van der Waals surface area contributed by atoms with Crippen LogP contribution in [-0.4, -0.2) is 22.2 Å². The molecule has 5 nitrogen and oxygen atoms in total. The second-order valence-electron chi connectivity index (χ2n) is 6.53. The maximum Gasteiger partial charge on any atom is 0.231 e. The summed E-state index contributed by atoms with van der Waals surface area (Å²) in [6.07, 6.45) is 11.3. The van der Waals surface area contributed by atoms with E-state index >= 15 is 0 Å². The average molecular weight is 355 g/mol. The van der Waals surface area contributed by atoms with E-state index < -0.39 is 0 Å². The van der Waals surface area contributed by atoms with Gasteiger partial charge in [-0.05, 0) is 30.4 Å². The first-order valence-corrected chi connectivity index (χ1v) is 9.53. The first-order chi connectivity index (χ1) is 12.3. The molecule has 0 aliphatic heterocycles. The Morgan fingerprint density at radius 2 is 2.20 bits per heavy atom. The number of rotatable bonds is 6. The molecular formula is C19H21N3O2S. The number of hydrogen-bond donors (Lipinski definition) is 1. The first-order valence-electron chi connectivity index (χ1n) is 8.65. The minimum absolute atomic E-state index is 0.162. The minimum Gasteiger partial charge on any atom is -0.472 e. The van der Waals surface area contributed by atoms with Gasteiger partial charge < -0.3 is 9.73 Å². The van der Waals surface area contributed by atoms with E-state index in [1.54, 1.807) is 23.9 Å². The van der Waals surface area contributed by atoms with Gasteiger partial charge in [0.05, 0.1) is 30.7 Å². The molecule has 25 heavy (non-hydrogen) atoms. The zero-order chi connectivity index (χ0) is 17.1. The number of nitrogens with zero attached hydrogens (tertiary/aromatic N) is 2. The Hall–Kier alpha value is -2.34. The summed E-state index contributed by atoms with van der Waals surface area (Å²) in [5.41, 5.74) is 1.71. The van der Waals surface area contributed by atoms with Crippen LogP contribution in [0.25, 0.3) is 11.1 Å². The SMILES string of the molecule is O=C(NCCn1cc(-c2ccoc2)cn1)C1(c2cccs2)CCCC1. The van der Waals surface area contributed by atoms with E-state index in [4.69, 9.17) is 4.42 Å². The van der Waals surface area contributed by atoms with Gasteiger partial charge in [-0.25, -0.2) is 0 Å². The molecule has 1 fully saturated rings. The summed E-state index contributed by atoms with van der Waals surface area (Å²) in [6, 6.07) is 6.04. The molecule has 4 rings (SSSR count). The molecule has 3 aromatic rings. The average Bonchev–Trinajstić information content (AvgIpc) is 3.43. The molecule has 3 aromatic heterocycles. The zero-order valence-electron chi connectivity index (χ0n) is 14.0. The summed E-state index contributed by atoms with van der Waals surface area (Å²) in [5.74, 6) is 0.162. The van der Waals surface area contributed by atoms with E-state index in [-0.39, 0.29) is 11.3 Å². The van der Waals surface area contributed by atoms with Crippen LogP contribution in [-0.2, 0) is 16.8 Å². The third kappa shape index (κ3) is 3.14. The normalized spacial score (nSPS) is 16.2. The van der Waals surface area contributed by atoms with Gasteiger partial charge in [-0.3, -0.25) is 9.48 Å². The lowest BCUT2D eigenvalue weighted by Gasteiger charge is -2.26. The zero-order valence-corrected chi connectivity index (χ0v) is 14.8. The molecule has 0 atom stereocenters. The number of carbonyl (C=O) groups is 1. The highest BCUT2D eigenvalue weighted by Gasteiger charge is 2.43. The summed E-state index contributed by atoms with van der Waals surface area (Å²) in [7, 11) is 0. The van der Waals surface area contributed by atoms with E-state index in [9.17, 15) is 4.79 Å². The van der Waals surface area contributed by atoms with Gasteiger partial charge in [-0.2, -0.15) is 5.10 Å². The van der Waals surface area contributed by atoms with Crippen LogP contribution in [0.2, 0.25) is 0 Å². The van der Waals surface area contributed by atoms with Crippen LogP contribution < -0.4 is 5.32 Å². The molecule has 0 spiro atoms. The van der Waals surface area contributed by atoms with E-state index in [1.165, 1.54) is 4.88 Å². The van der Waals surface area contributed by atoms with Gasteiger partial charge in [0.25, 0.3) is 0 Å². The highest BCUT2D eigenvalue weighted by molar-refractivity contribution is 7.10. The fourth-order valence-corrected chi connectivity index (χ4v) is 4.61. The molecule has 0 saturated heterocycles. The predicted molar refractivity (Wildman–Crippen MR) is 97.4 cm³/mol. The Morgan fingerprint density at radius 1 is 1.32 bits per heavy atom. The van der Waals surface area contributed by atoms with Crippen molar-refractivity contribution >= 4 is 17.2 Å². The molecule has 0 aromatic carbocycles. The van der Waals surface area contributed by atoms with Gasteiger partial charge in [0.15, 0.2) is 0 Å². The van der Waals surface area contributed by atoms with Gasteiger partial charge >= 0.3 is 0 Å². The topological polar surface area (TPSA) is 60.1 Å². The second kappa shape index (κ2) is 6.88. The predicted octanol–water partition coefficient (Wildman–Crippen LogP) is 3.83. The van der Waals surface area contributed by atoms with Crippen molar-refractivity contribution in [2.24, 2.45) is 0 Å². The largest absolute Gasteiger partial charge is 0.472 e. The van der Waals surface area contributed by atoms with E-state index in [0.29, 0.717) is 13.1 Å². The summed E-state index contributed by atoms with van der Waals surface area (Å²) < 4.78 is 6.96. The number of hydrogen-bond acceptors (Lipinski definition) is 4. The van der Waals surface area contributed by atoms with Crippen molar-refractivity contribution in [2.75, 3.05) is 6.54 Å². The van der Waals surface area contributed by atoms with Crippen molar-refractivity contribution in [2.45, 2.75) is 37.6 Å². The van der Waals surface area contributed by atoms with Crippen molar-refractivity contribution < 1.29 is 9.21 Å². The standard InChI is InChI=1S/C19H21N3O2S/c23-18(19(6-1-2-7-19)17-4-3-11-25-17)20-8-9-22-13-16(12-21-22)15-5-10-24-14-15/h3-5,10-14H,1-2,6-9H2,(H,20,23). The second-order valence-corrected chi connectivity index (χ2v) is 7.47. The molecule has 0 radical (unpaired) electrons. The van der Waals surface area contributed by atoms with Crippen LogP contribution >= 0.6 is 11.3 Å². The fraction of sp³-hybridized carbons (Fsp3) is 0.368. The lowest BCUT2D eigenvalue weighted by molar-refractivity contribution is -0.126. The number of thiophene rings is 1. The lowest BCUT2D eigenvalue weighted by Crippen LogP contribution is -2.43. The molecule has 0 bridgehead atoms. The summed E-state index contributed by atoms with van der Waals surface area (Å²) in [6.45, 7) is 1.24. The Balaban J connectivity index is 1.37. The van der Waals surface area contributed by atoms with Crippen LogP contribution in [0.3, 0.4) is 0 Å². The highest BCUT2D eigenvalue weighted by atomic mass is 32.1. The summed E-state index contributed by atoms with van der Waals surface area (Å²) >= 11 is 1.69. The van der Waals surface area contributed by atoms with Gasteiger partial charge in [-0.15, -0.1) is 11.3 Å². The van der Waals surface area contributed by atoms with Gasteiger partial charge in [-0.1, -0.05) is 18.9 Å². The number of nitrogens with one attached hydrogen (secondary N) is 1. The summed E-state index contributed by atoms with van der Waals surface area (Å²) in [5, 5.41) is 9.55. The minimum atomic E-state index is -0.319. The van der Waals surface area contributed by atoms with Gasteiger partial charge in [0.1, 0.15) is 0 Å². The van der Waals surface area contributed by atoms with Crippen molar-refractivity contribution in [3.63, 3.8) is 0 Å². The molecule has 1 aliphatic rings. The quantitative estimate of drug-likeness (QED) is 0.731. The maximum atomic E-state index is 12.9. The van der Waals surface area contributed by atoms with E-state index in [0.717, 1.165) is 36.8 Å². The maximum absolute atomic E-state index is 12.9. The molecule has 1 aliphatic carbocycles. The Bertz CT molecular complexity index is 815. The van der Waals surface area contributed by atoms with Crippen LogP contribution in [0.1, 0.15) is 30.6 Å². The lowest BCUT2D eigenvalue weighted by atomic mass is 9.83. The van der Waals surface area contributed by atoms with Crippen LogP contribution in [0, 0.1) is 0 Å². The summed E-state index contributed by atoms with van der Waals surface area (Å²) in [4.78, 5) is 14.1. The molecule has 6 heteroatoms. The van der Waals surface area contributed by atoms with Crippen molar-refractivity contribution in [3.05, 3.63) is 53.4 Å². The highest BCUT2D eigenvalue weighted by Crippen LogP contribution is 2.43. The number of carbonyl (C=O) groups excluding carboxylic acids is 1. The van der Waals surface area contributed by atoms with Crippen LogP contribution in [0.4, 0.5) is 0 Å². The van der Waals surface area contributed by atoms with Crippen molar-refractivity contribution in [1.29, 1.82) is 0 Å². The van der Waals surface area contributed by atoms with Crippen LogP contribution in [0.15, 0.2) is 52.9 Å². The monoisotopic (exact) mass is 355 g/mol. The molecule has 0 unspecified atom stereocenters. The van der Waals surface area contributed by atoms with Gasteiger partial charge in [0, 0.05) is 28.7 Å². The van der Waals surface area contributed by atoms with E-state index in [2.05, 4.69) is 21.9 Å². The molecule has 3 heterocycles. The Morgan fingerprint density at radius 3 is 2.92 bits per heavy atom. The smallest absolute Gasteiger partial charge is 0.231 e. The number of aromatic nitrogens is 2. The van der Waals surface area contributed by atoms with E-state index in [1.807, 2.05) is 29.2 Å². The number of amides is 1. The van der Waals surface area contributed by atoms with Crippen molar-refractivity contribution in [1.82, 2.24) is 15.1 Å². The Kier molecular flexibility index (Phi) is 4.44. The van der Waals surface area contributed by atoms with Gasteiger partial charge in [0.2, 0.25) is 5.91 Å². The molecule has 130 valence electrons. The molecule has 1 N–H and O–H groups in total. The third-order valence-corrected chi connectivity index (χ3v) is 6.07. The molecular weight excluding hydrogens is 334 g/mol.